The second-order valence-corrected chi connectivity index (χ2v) is 4.99. The van der Waals surface area contributed by atoms with E-state index in [2.05, 4.69) is 21.2 Å². The number of primary amides is 1. The van der Waals surface area contributed by atoms with E-state index in [4.69, 9.17) is 16.2 Å². The predicted molar refractivity (Wildman–Crippen MR) is 83.3 cm³/mol. The van der Waals surface area contributed by atoms with Gasteiger partial charge in [0, 0.05) is 11.3 Å². The van der Waals surface area contributed by atoms with E-state index in [-0.39, 0.29) is 0 Å². The van der Waals surface area contributed by atoms with Crippen LogP contribution in [-0.2, 0) is 0 Å². The van der Waals surface area contributed by atoms with Crippen LogP contribution in [0.3, 0.4) is 0 Å². The molecule has 2 aromatic rings. The van der Waals surface area contributed by atoms with Crippen molar-refractivity contribution >= 4 is 38.9 Å². The number of hydrogen-bond acceptors (Lipinski definition) is 4. The number of halogens is 1. The second-order valence-electron chi connectivity index (χ2n) is 4.14. The van der Waals surface area contributed by atoms with Gasteiger partial charge in [-0.3, -0.25) is 4.79 Å². The Bertz CT molecular complexity index is 659. The molecule has 0 unspecified atom stereocenters. The molecule has 0 aliphatic rings. The maximum atomic E-state index is 11.2. The highest BCUT2D eigenvalue weighted by Gasteiger charge is 2.07. The zero-order chi connectivity index (χ0) is 14.7. The van der Waals surface area contributed by atoms with Crippen LogP contribution in [0.4, 0.5) is 17.1 Å². The second kappa shape index (κ2) is 5.83. The standard InChI is InChI=1S/C14H14BrN3O2/c1-20-13-5-3-9(7-10(13)15)18-12-6-8(14(17)19)2-4-11(12)16/h2-7,18H,16H2,1H3,(H2,17,19). The number of nitrogen functional groups attached to an aromatic ring is 1. The molecular weight excluding hydrogens is 322 g/mol. The molecule has 0 fully saturated rings. The van der Waals surface area contributed by atoms with Crippen LogP contribution in [-0.4, -0.2) is 13.0 Å². The molecule has 0 saturated heterocycles. The molecule has 2 rings (SSSR count). The summed E-state index contributed by atoms with van der Waals surface area (Å²) in [4.78, 5) is 11.2. The number of nitrogens with one attached hydrogen (secondary N) is 1. The summed E-state index contributed by atoms with van der Waals surface area (Å²) in [7, 11) is 1.60. The topological polar surface area (TPSA) is 90.4 Å². The van der Waals surface area contributed by atoms with E-state index in [0.29, 0.717) is 16.9 Å². The van der Waals surface area contributed by atoms with Crippen LogP contribution < -0.4 is 21.5 Å². The fourth-order valence-electron chi connectivity index (χ4n) is 1.72. The van der Waals surface area contributed by atoms with Crippen molar-refractivity contribution in [1.29, 1.82) is 0 Å². The fourth-order valence-corrected chi connectivity index (χ4v) is 2.26. The van der Waals surface area contributed by atoms with Crippen molar-refractivity contribution in [3.05, 3.63) is 46.4 Å². The Morgan fingerprint density at radius 3 is 2.60 bits per heavy atom. The number of carbonyl (C=O) groups is 1. The van der Waals surface area contributed by atoms with Crippen molar-refractivity contribution in [2.24, 2.45) is 5.73 Å². The number of amides is 1. The lowest BCUT2D eigenvalue weighted by molar-refractivity contribution is 0.100. The van der Waals surface area contributed by atoms with Crippen molar-refractivity contribution < 1.29 is 9.53 Å². The van der Waals surface area contributed by atoms with Crippen LogP contribution in [0.2, 0.25) is 0 Å². The predicted octanol–water partition coefficient (Wildman–Crippen LogP) is 2.88. The molecule has 104 valence electrons. The number of ether oxygens (including phenoxy) is 1. The summed E-state index contributed by atoms with van der Waals surface area (Å²) in [5, 5.41) is 3.14. The van der Waals surface area contributed by atoms with Gasteiger partial charge in [0.2, 0.25) is 5.91 Å². The Morgan fingerprint density at radius 1 is 1.25 bits per heavy atom. The summed E-state index contributed by atoms with van der Waals surface area (Å²) in [6.45, 7) is 0. The molecule has 5 nitrogen and oxygen atoms in total. The first-order valence-electron chi connectivity index (χ1n) is 5.81. The normalized spacial score (nSPS) is 10.1. The third-order valence-electron chi connectivity index (χ3n) is 2.77. The minimum Gasteiger partial charge on any atom is -0.496 e. The Hall–Kier alpha value is -2.21. The van der Waals surface area contributed by atoms with Crippen LogP contribution in [0.5, 0.6) is 5.75 Å². The molecule has 0 aliphatic carbocycles. The van der Waals surface area contributed by atoms with Gasteiger partial charge in [-0.15, -0.1) is 0 Å². The summed E-state index contributed by atoms with van der Waals surface area (Å²) in [6, 6.07) is 10.4. The van der Waals surface area contributed by atoms with Crippen LogP contribution in [0.25, 0.3) is 0 Å². The first kappa shape index (κ1) is 14.2. The Kier molecular flexibility index (Phi) is 4.14. The van der Waals surface area contributed by atoms with Crippen molar-refractivity contribution in [2.45, 2.75) is 0 Å². The number of anilines is 3. The summed E-state index contributed by atoms with van der Waals surface area (Å²) in [5.74, 6) is 0.235. The lowest BCUT2D eigenvalue weighted by Gasteiger charge is -2.12. The number of hydrogen-bond donors (Lipinski definition) is 3. The van der Waals surface area contributed by atoms with E-state index in [1.807, 2.05) is 18.2 Å². The van der Waals surface area contributed by atoms with Gasteiger partial charge in [0.25, 0.3) is 0 Å². The molecular formula is C14H14BrN3O2. The average Bonchev–Trinajstić information content (AvgIpc) is 2.41. The van der Waals surface area contributed by atoms with E-state index in [9.17, 15) is 4.79 Å². The molecule has 0 aliphatic heterocycles. The molecule has 0 radical (unpaired) electrons. The number of rotatable bonds is 4. The van der Waals surface area contributed by atoms with Gasteiger partial charge < -0.3 is 21.5 Å². The van der Waals surface area contributed by atoms with Crippen molar-refractivity contribution in [1.82, 2.24) is 0 Å². The molecule has 0 bridgehead atoms. The summed E-state index contributed by atoms with van der Waals surface area (Å²) < 4.78 is 5.98. The van der Waals surface area contributed by atoms with Gasteiger partial charge in [-0.2, -0.15) is 0 Å². The highest BCUT2D eigenvalue weighted by Crippen LogP contribution is 2.31. The Balaban J connectivity index is 2.32. The van der Waals surface area contributed by atoms with Crippen molar-refractivity contribution in [2.75, 3.05) is 18.2 Å². The molecule has 6 heteroatoms. The van der Waals surface area contributed by atoms with E-state index >= 15 is 0 Å². The molecule has 0 saturated carbocycles. The minimum absolute atomic E-state index is 0.397. The zero-order valence-electron chi connectivity index (χ0n) is 10.8. The highest BCUT2D eigenvalue weighted by atomic mass is 79.9. The molecule has 0 spiro atoms. The summed E-state index contributed by atoms with van der Waals surface area (Å²) >= 11 is 3.41. The van der Waals surface area contributed by atoms with Crippen LogP contribution >= 0.6 is 15.9 Å². The van der Waals surface area contributed by atoms with Gasteiger partial charge in [0.15, 0.2) is 0 Å². The Morgan fingerprint density at radius 2 is 2.00 bits per heavy atom. The van der Waals surface area contributed by atoms with Gasteiger partial charge in [-0.05, 0) is 52.3 Å². The number of carbonyl (C=O) groups excluding carboxylic acids is 1. The molecule has 5 N–H and O–H groups in total. The summed E-state index contributed by atoms with van der Waals surface area (Å²) in [6.07, 6.45) is 0. The number of nitrogens with two attached hydrogens (primary N) is 2. The van der Waals surface area contributed by atoms with E-state index < -0.39 is 5.91 Å². The fraction of sp³-hybridized carbons (Fsp3) is 0.0714. The first-order valence-corrected chi connectivity index (χ1v) is 6.60. The quantitative estimate of drug-likeness (QED) is 0.749. The summed E-state index contributed by atoms with van der Waals surface area (Å²) in [5.41, 5.74) is 13.5. The Labute approximate surface area is 125 Å². The smallest absolute Gasteiger partial charge is 0.248 e. The lowest BCUT2D eigenvalue weighted by atomic mass is 10.1. The third-order valence-corrected chi connectivity index (χ3v) is 3.39. The highest BCUT2D eigenvalue weighted by molar-refractivity contribution is 9.10. The van der Waals surface area contributed by atoms with Crippen molar-refractivity contribution in [3.63, 3.8) is 0 Å². The number of benzene rings is 2. The van der Waals surface area contributed by atoms with Crippen LogP contribution in [0.15, 0.2) is 40.9 Å². The van der Waals surface area contributed by atoms with Gasteiger partial charge in [0.1, 0.15) is 5.75 Å². The van der Waals surface area contributed by atoms with Gasteiger partial charge in [-0.1, -0.05) is 0 Å². The van der Waals surface area contributed by atoms with E-state index in [1.54, 1.807) is 25.3 Å². The molecule has 2 aromatic carbocycles. The first-order chi connectivity index (χ1) is 9.51. The largest absolute Gasteiger partial charge is 0.496 e. The average molecular weight is 336 g/mol. The maximum absolute atomic E-state index is 11.2. The molecule has 0 atom stereocenters. The van der Waals surface area contributed by atoms with Gasteiger partial charge >= 0.3 is 0 Å². The monoisotopic (exact) mass is 335 g/mol. The van der Waals surface area contributed by atoms with Gasteiger partial charge in [0.05, 0.1) is 23.0 Å². The SMILES string of the molecule is COc1ccc(Nc2cc(C(N)=O)ccc2N)cc1Br. The van der Waals surface area contributed by atoms with Gasteiger partial charge in [-0.25, -0.2) is 0 Å². The molecule has 0 heterocycles. The molecule has 1 amide bonds. The van der Waals surface area contributed by atoms with Crippen LogP contribution in [0, 0.1) is 0 Å². The molecule has 0 aromatic heterocycles. The molecule has 20 heavy (non-hydrogen) atoms. The lowest BCUT2D eigenvalue weighted by Crippen LogP contribution is -2.11. The van der Waals surface area contributed by atoms with Crippen molar-refractivity contribution in [3.8, 4) is 5.75 Å². The maximum Gasteiger partial charge on any atom is 0.248 e. The minimum atomic E-state index is -0.496. The van der Waals surface area contributed by atoms with Crippen LogP contribution in [0.1, 0.15) is 10.4 Å². The van der Waals surface area contributed by atoms with E-state index in [1.165, 1.54) is 0 Å². The third kappa shape index (κ3) is 3.03. The van der Waals surface area contributed by atoms with E-state index in [0.717, 1.165) is 15.9 Å². The zero-order valence-corrected chi connectivity index (χ0v) is 12.4. The number of methoxy groups -OCH3 is 1.